The van der Waals surface area contributed by atoms with E-state index >= 15 is 0 Å². The summed E-state index contributed by atoms with van der Waals surface area (Å²) in [5.74, 6) is -0.0860. The van der Waals surface area contributed by atoms with Gasteiger partial charge in [0, 0.05) is 12.0 Å². The van der Waals surface area contributed by atoms with Gasteiger partial charge in [0.15, 0.2) is 6.29 Å². The summed E-state index contributed by atoms with van der Waals surface area (Å²) in [4.78, 5) is 0. The first kappa shape index (κ1) is 7.94. The van der Waals surface area contributed by atoms with Crippen molar-refractivity contribution in [3.63, 3.8) is 0 Å². The molecule has 1 heterocycles. The van der Waals surface area contributed by atoms with Gasteiger partial charge in [0.2, 0.25) is 0 Å². The van der Waals surface area contributed by atoms with Crippen molar-refractivity contribution in [2.24, 2.45) is 11.7 Å². The van der Waals surface area contributed by atoms with Crippen molar-refractivity contribution < 1.29 is 14.9 Å². The van der Waals surface area contributed by atoms with Gasteiger partial charge in [0.25, 0.3) is 0 Å². The molecule has 0 spiro atoms. The maximum Gasteiger partial charge on any atom is 0.159 e. The Hall–Kier alpha value is -0.160. The summed E-state index contributed by atoms with van der Waals surface area (Å²) in [6.45, 7) is 1.67. The highest BCUT2D eigenvalue weighted by Gasteiger charge is 2.37. The molecule has 0 aromatic carbocycles. The molecule has 1 aliphatic heterocycles. The SMILES string of the molecule is C[C@H]1C(N)[C@@H](CO)O[C@H]1O. The predicted molar refractivity (Wildman–Crippen MR) is 35.1 cm³/mol. The Balaban J connectivity index is 2.53. The van der Waals surface area contributed by atoms with Crippen LogP contribution in [0.15, 0.2) is 0 Å². The van der Waals surface area contributed by atoms with Gasteiger partial charge >= 0.3 is 0 Å². The minimum Gasteiger partial charge on any atom is -0.394 e. The van der Waals surface area contributed by atoms with Crippen molar-refractivity contribution >= 4 is 0 Å². The third kappa shape index (κ3) is 1.15. The lowest BCUT2D eigenvalue weighted by atomic mass is 10.0. The van der Waals surface area contributed by atoms with E-state index < -0.39 is 12.4 Å². The van der Waals surface area contributed by atoms with E-state index in [2.05, 4.69) is 0 Å². The van der Waals surface area contributed by atoms with Crippen LogP contribution < -0.4 is 5.73 Å². The minimum atomic E-state index is -0.813. The molecule has 1 fully saturated rings. The molecule has 0 aromatic rings. The first-order chi connectivity index (χ1) is 4.66. The van der Waals surface area contributed by atoms with E-state index in [0.29, 0.717) is 0 Å². The number of ether oxygens (including phenoxy) is 1. The molecule has 4 heteroatoms. The molecule has 0 saturated carbocycles. The topological polar surface area (TPSA) is 75.7 Å². The van der Waals surface area contributed by atoms with Crippen molar-refractivity contribution in [2.45, 2.75) is 25.4 Å². The molecule has 0 bridgehead atoms. The highest BCUT2D eigenvalue weighted by molar-refractivity contribution is 4.86. The molecular formula is C6H13NO3. The summed E-state index contributed by atoms with van der Waals surface area (Å²) >= 11 is 0. The molecule has 1 saturated heterocycles. The molecule has 0 radical (unpaired) electrons. The molecule has 4 nitrogen and oxygen atoms in total. The van der Waals surface area contributed by atoms with Crippen LogP contribution in [0.25, 0.3) is 0 Å². The van der Waals surface area contributed by atoms with Gasteiger partial charge in [0.1, 0.15) is 0 Å². The Bertz CT molecular complexity index is 120. The van der Waals surface area contributed by atoms with Crippen molar-refractivity contribution in [2.75, 3.05) is 6.61 Å². The lowest BCUT2D eigenvalue weighted by Gasteiger charge is -2.11. The molecule has 1 unspecified atom stereocenters. The normalized spacial score (nSPS) is 48.0. The van der Waals surface area contributed by atoms with E-state index in [1.807, 2.05) is 0 Å². The Kier molecular flexibility index (Phi) is 2.25. The molecule has 1 rings (SSSR count). The van der Waals surface area contributed by atoms with Gasteiger partial charge in [-0.3, -0.25) is 0 Å². The first-order valence-corrected chi connectivity index (χ1v) is 3.36. The van der Waals surface area contributed by atoms with Gasteiger partial charge in [-0.15, -0.1) is 0 Å². The summed E-state index contributed by atoms with van der Waals surface area (Å²) in [6.07, 6.45) is -1.21. The second-order valence-electron chi connectivity index (χ2n) is 2.68. The zero-order chi connectivity index (χ0) is 7.72. The van der Waals surface area contributed by atoms with Gasteiger partial charge in [-0.25, -0.2) is 0 Å². The van der Waals surface area contributed by atoms with Crippen LogP contribution in [0.5, 0.6) is 0 Å². The predicted octanol–water partition coefficient (Wildman–Crippen LogP) is -1.34. The van der Waals surface area contributed by atoms with Crippen LogP contribution in [0.1, 0.15) is 6.92 Å². The zero-order valence-electron chi connectivity index (χ0n) is 5.90. The van der Waals surface area contributed by atoms with Crippen LogP contribution in [-0.2, 0) is 4.74 Å². The van der Waals surface area contributed by atoms with E-state index in [-0.39, 0.29) is 18.6 Å². The molecule has 4 N–H and O–H groups in total. The Morgan fingerprint density at radius 1 is 1.60 bits per heavy atom. The van der Waals surface area contributed by atoms with E-state index in [4.69, 9.17) is 20.7 Å². The molecule has 1 aliphatic rings. The highest BCUT2D eigenvalue weighted by Crippen LogP contribution is 2.22. The summed E-state index contributed by atoms with van der Waals surface area (Å²) < 4.78 is 4.92. The Labute approximate surface area is 59.6 Å². The lowest BCUT2D eigenvalue weighted by Crippen LogP contribution is -2.37. The number of aliphatic hydroxyl groups excluding tert-OH is 2. The van der Waals surface area contributed by atoms with Crippen molar-refractivity contribution in [3.8, 4) is 0 Å². The maximum atomic E-state index is 9.06. The molecule has 60 valence electrons. The Morgan fingerprint density at radius 3 is 2.40 bits per heavy atom. The number of hydrogen-bond acceptors (Lipinski definition) is 4. The van der Waals surface area contributed by atoms with Gasteiger partial charge in [-0.1, -0.05) is 6.92 Å². The van der Waals surface area contributed by atoms with Crippen molar-refractivity contribution in [3.05, 3.63) is 0 Å². The van der Waals surface area contributed by atoms with Crippen molar-refractivity contribution in [1.82, 2.24) is 0 Å². The minimum absolute atomic E-state index is 0.0860. The van der Waals surface area contributed by atoms with Crippen LogP contribution in [0.3, 0.4) is 0 Å². The van der Waals surface area contributed by atoms with Gasteiger partial charge in [-0.05, 0) is 0 Å². The van der Waals surface area contributed by atoms with Gasteiger partial charge in [-0.2, -0.15) is 0 Å². The van der Waals surface area contributed by atoms with E-state index in [0.717, 1.165) is 0 Å². The fourth-order valence-corrected chi connectivity index (χ4v) is 1.09. The number of hydrogen-bond donors (Lipinski definition) is 3. The van der Waals surface area contributed by atoms with Crippen LogP contribution >= 0.6 is 0 Å². The fourth-order valence-electron chi connectivity index (χ4n) is 1.09. The van der Waals surface area contributed by atoms with E-state index in [1.165, 1.54) is 0 Å². The average Bonchev–Trinajstić information content (AvgIpc) is 2.17. The third-order valence-electron chi connectivity index (χ3n) is 1.98. The Morgan fingerprint density at radius 2 is 2.20 bits per heavy atom. The van der Waals surface area contributed by atoms with Gasteiger partial charge < -0.3 is 20.7 Å². The maximum absolute atomic E-state index is 9.06. The first-order valence-electron chi connectivity index (χ1n) is 3.36. The standard InChI is InChI=1S/C6H13NO3/c1-3-5(7)4(2-8)10-6(3)9/h3-6,8-9H,2,7H2,1H3/t3-,4+,5?,6+/m0/s1. The molecule has 4 atom stereocenters. The summed E-state index contributed by atoms with van der Waals surface area (Å²) in [6, 6.07) is -0.250. The molecule has 0 aromatic heterocycles. The summed E-state index contributed by atoms with van der Waals surface area (Å²) in [5, 5.41) is 17.7. The largest absolute Gasteiger partial charge is 0.394 e. The van der Waals surface area contributed by atoms with Crippen LogP contribution in [0, 0.1) is 5.92 Å². The zero-order valence-corrected chi connectivity index (χ0v) is 5.90. The van der Waals surface area contributed by atoms with Crippen LogP contribution in [0.4, 0.5) is 0 Å². The summed E-state index contributed by atoms with van der Waals surface area (Å²) in [5.41, 5.74) is 5.58. The number of rotatable bonds is 1. The highest BCUT2D eigenvalue weighted by atomic mass is 16.6. The number of aliphatic hydroxyl groups is 2. The molecule has 0 aliphatic carbocycles. The number of nitrogens with two attached hydrogens (primary N) is 1. The molecule has 0 amide bonds. The second-order valence-corrected chi connectivity index (χ2v) is 2.68. The molecule has 10 heavy (non-hydrogen) atoms. The van der Waals surface area contributed by atoms with Crippen LogP contribution in [-0.4, -0.2) is 35.3 Å². The molecular weight excluding hydrogens is 134 g/mol. The van der Waals surface area contributed by atoms with E-state index in [9.17, 15) is 0 Å². The smallest absolute Gasteiger partial charge is 0.159 e. The van der Waals surface area contributed by atoms with Gasteiger partial charge in [0.05, 0.1) is 12.7 Å². The van der Waals surface area contributed by atoms with Crippen molar-refractivity contribution in [1.29, 1.82) is 0 Å². The second kappa shape index (κ2) is 2.84. The average molecular weight is 147 g/mol. The monoisotopic (exact) mass is 147 g/mol. The lowest BCUT2D eigenvalue weighted by molar-refractivity contribution is -0.114. The van der Waals surface area contributed by atoms with E-state index in [1.54, 1.807) is 6.92 Å². The quantitative estimate of drug-likeness (QED) is 0.429. The van der Waals surface area contributed by atoms with Crippen LogP contribution in [0.2, 0.25) is 0 Å². The third-order valence-corrected chi connectivity index (χ3v) is 1.98. The summed E-state index contributed by atoms with van der Waals surface area (Å²) in [7, 11) is 0. The fraction of sp³-hybridized carbons (Fsp3) is 1.00.